The molecule has 0 saturated heterocycles. The van der Waals surface area contributed by atoms with E-state index >= 15 is 0 Å². The summed E-state index contributed by atoms with van der Waals surface area (Å²) in [5, 5.41) is 0. The molecule has 1 heterocycles. The molecule has 98 valence electrons. The highest BCUT2D eigenvalue weighted by atomic mass is 32.2. The molecule has 0 amide bonds. The molecule has 0 saturated carbocycles. The molecular weight excluding hydrogens is 234 g/mol. The van der Waals surface area contributed by atoms with Gasteiger partial charge in [-0.2, -0.15) is 0 Å². The lowest BCUT2D eigenvalue weighted by atomic mass is 10.0. The second-order valence-corrected chi connectivity index (χ2v) is 6.43. The normalized spacial score (nSPS) is 15.1. The zero-order valence-corrected chi connectivity index (χ0v) is 11.7. The molecule has 17 heavy (non-hydrogen) atoms. The van der Waals surface area contributed by atoms with Crippen LogP contribution in [-0.4, -0.2) is 25.8 Å². The quantitative estimate of drug-likeness (QED) is 0.808. The molecule has 0 aromatic carbocycles. The topological polar surface area (TPSA) is 60.9 Å². The minimum atomic E-state index is -0.718. The SMILES string of the molecule is CC(C)CC(N)c1cncn1CCCS(C)=O. The lowest BCUT2D eigenvalue weighted by Crippen LogP contribution is -2.17. The van der Waals surface area contributed by atoms with E-state index < -0.39 is 10.8 Å². The summed E-state index contributed by atoms with van der Waals surface area (Å²) in [4.78, 5) is 4.16. The summed E-state index contributed by atoms with van der Waals surface area (Å²) >= 11 is 0. The first-order valence-electron chi connectivity index (χ1n) is 6.06. The maximum Gasteiger partial charge on any atom is 0.0948 e. The van der Waals surface area contributed by atoms with Gasteiger partial charge < -0.3 is 10.3 Å². The Hall–Kier alpha value is -0.680. The lowest BCUT2D eigenvalue weighted by molar-refractivity contribution is 0.482. The number of imidazole rings is 1. The number of nitrogens with two attached hydrogens (primary N) is 1. The smallest absolute Gasteiger partial charge is 0.0948 e. The predicted octanol–water partition coefficient (Wildman–Crippen LogP) is 1.70. The maximum atomic E-state index is 11.0. The van der Waals surface area contributed by atoms with E-state index in [-0.39, 0.29) is 6.04 Å². The van der Waals surface area contributed by atoms with Crippen molar-refractivity contribution in [2.45, 2.75) is 39.3 Å². The van der Waals surface area contributed by atoms with E-state index in [9.17, 15) is 4.21 Å². The second kappa shape index (κ2) is 6.91. The fourth-order valence-electron chi connectivity index (χ4n) is 1.89. The lowest BCUT2D eigenvalue weighted by Gasteiger charge is -2.16. The molecule has 4 nitrogen and oxygen atoms in total. The highest BCUT2D eigenvalue weighted by Crippen LogP contribution is 2.18. The highest BCUT2D eigenvalue weighted by Gasteiger charge is 2.12. The maximum absolute atomic E-state index is 11.0. The number of aromatic nitrogens is 2. The molecule has 1 rings (SSSR count). The first kappa shape index (κ1) is 14.4. The van der Waals surface area contributed by atoms with Crippen molar-refractivity contribution in [1.82, 2.24) is 9.55 Å². The number of nitrogens with zero attached hydrogens (tertiary/aromatic N) is 2. The van der Waals surface area contributed by atoms with Crippen molar-refractivity contribution < 1.29 is 4.21 Å². The van der Waals surface area contributed by atoms with E-state index in [1.807, 2.05) is 12.5 Å². The fraction of sp³-hybridized carbons (Fsp3) is 0.750. The largest absolute Gasteiger partial charge is 0.333 e. The van der Waals surface area contributed by atoms with E-state index in [1.165, 1.54) is 0 Å². The summed E-state index contributed by atoms with van der Waals surface area (Å²) < 4.78 is 13.1. The van der Waals surface area contributed by atoms with Crippen molar-refractivity contribution in [3.8, 4) is 0 Å². The summed E-state index contributed by atoms with van der Waals surface area (Å²) in [5.74, 6) is 1.31. The average Bonchev–Trinajstić information content (AvgIpc) is 2.64. The average molecular weight is 257 g/mol. The predicted molar refractivity (Wildman–Crippen MR) is 72.2 cm³/mol. The van der Waals surface area contributed by atoms with Crippen LogP contribution >= 0.6 is 0 Å². The molecule has 0 aliphatic carbocycles. The molecular formula is C12H23N3OS. The molecule has 0 aliphatic heterocycles. The molecule has 0 fully saturated rings. The van der Waals surface area contributed by atoms with Crippen LogP contribution in [0.1, 0.15) is 38.4 Å². The van der Waals surface area contributed by atoms with Gasteiger partial charge in [0, 0.05) is 41.6 Å². The van der Waals surface area contributed by atoms with Crippen LogP contribution in [0.5, 0.6) is 0 Å². The van der Waals surface area contributed by atoms with Crippen molar-refractivity contribution in [3.63, 3.8) is 0 Å². The number of rotatable bonds is 7. The van der Waals surface area contributed by atoms with E-state index in [4.69, 9.17) is 5.73 Å². The Morgan fingerprint density at radius 2 is 2.24 bits per heavy atom. The summed E-state index contributed by atoms with van der Waals surface area (Å²) in [5.41, 5.74) is 7.24. The van der Waals surface area contributed by atoms with Gasteiger partial charge in [-0.15, -0.1) is 0 Å². The van der Waals surface area contributed by atoms with Gasteiger partial charge in [0.05, 0.1) is 12.0 Å². The Bertz CT molecular complexity index is 362. The number of hydrogen-bond donors (Lipinski definition) is 1. The van der Waals surface area contributed by atoms with Gasteiger partial charge >= 0.3 is 0 Å². The Labute approximate surface area is 106 Å². The van der Waals surface area contributed by atoms with Gasteiger partial charge in [-0.3, -0.25) is 4.21 Å². The molecule has 2 unspecified atom stereocenters. The molecule has 0 spiro atoms. The summed E-state index contributed by atoms with van der Waals surface area (Å²) in [6.45, 7) is 5.18. The molecule has 1 aromatic heterocycles. The number of hydrogen-bond acceptors (Lipinski definition) is 3. The third kappa shape index (κ3) is 5.00. The van der Waals surface area contributed by atoms with E-state index in [1.54, 1.807) is 6.26 Å². The van der Waals surface area contributed by atoms with Gasteiger partial charge in [-0.1, -0.05) is 13.8 Å². The summed E-state index contributed by atoms with van der Waals surface area (Å²) in [6.07, 6.45) is 7.26. The highest BCUT2D eigenvalue weighted by molar-refractivity contribution is 7.84. The Morgan fingerprint density at radius 3 is 2.82 bits per heavy atom. The van der Waals surface area contributed by atoms with Crippen LogP contribution < -0.4 is 5.73 Å². The van der Waals surface area contributed by atoms with Crippen molar-refractivity contribution in [1.29, 1.82) is 0 Å². The van der Waals surface area contributed by atoms with Gasteiger partial charge in [0.1, 0.15) is 0 Å². The van der Waals surface area contributed by atoms with Crippen LogP contribution in [0.15, 0.2) is 12.5 Å². The van der Waals surface area contributed by atoms with Crippen LogP contribution in [0.2, 0.25) is 0 Å². The van der Waals surface area contributed by atoms with Crippen LogP contribution in [0.4, 0.5) is 0 Å². The van der Waals surface area contributed by atoms with Crippen molar-refractivity contribution in [2.24, 2.45) is 11.7 Å². The summed E-state index contributed by atoms with van der Waals surface area (Å²) in [7, 11) is -0.718. The molecule has 0 radical (unpaired) electrons. The van der Waals surface area contributed by atoms with Gasteiger partial charge in [0.25, 0.3) is 0 Å². The molecule has 2 atom stereocenters. The molecule has 0 bridgehead atoms. The number of aryl methyl sites for hydroxylation is 1. The standard InChI is InChI=1S/C12H23N3OS/c1-10(2)7-11(13)12-8-14-9-15(12)5-4-6-17(3)16/h8-11H,4-7,13H2,1-3H3. The fourth-order valence-corrected chi connectivity index (χ4v) is 2.43. The first-order chi connectivity index (χ1) is 8.00. The minimum Gasteiger partial charge on any atom is -0.333 e. The van der Waals surface area contributed by atoms with Gasteiger partial charge in [0.15, 0.2) is 0 Å². The molecule has 5 heteroatoms. The van der Waals surface area contributed by atoms with Crippen LogP contribution in [0.3, 0.4) is 0 Å². The second-order valence-electron chi connectivity index (χ2n) is 4.88. The monoisotopic (exact) mass is 257 g/mol. The Balaban J connectivity index is 2.55. The molecule has 2 N–H and O–H groups in total. The van der Waals surface area contributed by atoms with Crippen molar-refractivity contribution in [3.05, 3.63) is 18.2 Å². The van der Waals surface area contributed by atoms with Gasteiger partial charge in [0.2, 0.25) is 0 Å². The Morgan fingerprint density at radius 1 is 1.53 bits per heavy atom. The van der Waals surface area contributed by atoms with Crippen molar-refractivity contribution >= 4 is 10.8 Å². The van der Waals surface area contributed by atoms with Crippen LogP contribution in [0.25, 0.3) is 0 Å². The van der Waals surface area contributed by atoms with E-state index in [0.29, 0.717) is 5.92 Å². The van der Waals surface area contributed by atoms with Crippen molar-refractivity contribution in [2.75, 3.05) is 12.0 Å². The van der Waals surface area contributed by atoms with Gasteiger partial charge in [-0.25, -0.2) is 4.98 Å². The minimum absolute atomic E-state index is 0.0459. The zero-order valence-electron chi connectivity index (χ0n) is 10.9. The van der Waals surface area contributed by atoms with E-state index in [0.717, 1.165) is 30.8 Å². The molecule has 0 aliphatic rings. The van der Waals surface area contributed by atoms with Crippen LogP contribution in [-0.2, 0) is 17.3 Å². The Kier molecular flexibility index (Phi) is 5.85. The third-order valence-electron chi connectivity index (χ3n) is 2.68. The molecule has 1 aromatic rings. The van der Waals surface area contributed by atoms with Crippen LogP contribution in [0, 0.1) is 5.92 Å². The van der Waals surface area contributed by atoms with E-state index in [2.05, 4.69) is 23.4 Å². The summed E-state index contributed by atoms with van der Waals surface area (Å²) in [6, 6.07) is 0.0459. The zero-order chi connectivity index (χ0) is 12.8. The first-order valence-corrected chi connectivity index (χ1v) is 7.79. The third-order valence-corrected chi connectivity index (χ3v) is 3.54. The van der Waals surface area contributed by atoms with Gasteiger partial charge in [-0.05, 0) is 18.8 Å².